The number of aryl methyl sites for hydroxylation is 3. The highest BCUT2D eigenvalue weighted by Crippen LogP contribution is 2.62. The topological polar surface area (TPSA) is 89.9 Å². The molecule has 7 nitrogen and oxygen atoms in total. The van der Waals surface area contributed by atoms with Gasteiger partial charge in [0, 0.05) is 11.9 Å². The monoisotopic (exact) mass is 448 g/mol. The lowest BCUT2D eigenvalue weighted by molar-refractivity contribution is 0.151. The number of hydrogen-bond donors (Lipinski definition) is 2. The molecule has 2 rings (SSSR count). The second-order valence-electron chi connectivity index (χ2n) is 7.91. The van der Waals surface area contributed by atoms with Crippen molar-refractivity contribution < 1.29 is 23.5 Å². The van der Waals surface area contributed by atoms with Crippen LogP contribution in [0.4, 0.5) is 5.69 Å². The molecule has 170 valence electrons. The van der Waals surface area contributed by atoms with Crippen molar-refractivity contribution >= 4 is 18.6 Å². The maximum atomic E-state index is 14.0. The van der Waals surface area contributed by atoms with Crippen LogP contribution in [0.2, 0.25) is 0 Å². The van der Waals surface area contributed by atoms with Crippen molar-refractivity contribution in [2.45, 2.75) is 60.7 Å². The number of pyridine rings is 1. The summed E-state index contributed by atoms with van der Waals surface area (Å²) in [5.74, 6) is 0.302. The number of nitrogens with zero attached hydrogens (tertiary/aromatic N) is 1. The lowest BCUT2D eigenvalue weighted by atomic mass is 10.1. The van der Waals surface area contributed by atoms with Crippen molar-refractivity contribution in [3.05, 3.63) is 53.0 Å². The molecule has 1 heterocycles. The standard InChI is InChI=1S/C23H33N2O5P/c1-14(2)29-31(27,30-15(3)4)22(13-24-20-10-9-17(6)25-18(20)7)19-11-16(5)23(26)21(12-19)28-8/h9-15,24,26H,1-8H3/b22-13+. The minimum absolute atomic E-state index is 0.0292. The van der Waals surface area contributed by atoms with Gasteiger partial charge in [-0.2, -0.15) is 0 Å². The number of rotatable bonds is 9. The van der Waals surface area contributed by atoms with Gasteiger partial charge in [-0.1, -0.05) is 0 Å². The third kappa shape index (κ3) is 6.33. The minimum atomic E-state index is -3.75. The summed E-state index contributed by atoms with van der Waals surface area (Å²) in [4.78, 5) is 4.46. The molecule has 0 aliphatic carbocycles. The first-order valence-electron chi connectivity index (χ1n) is 10.2. The van der Waals surface area contributed by atoms with E-state index in [0.717, 1.165) is 17.1 Å². The van der Waals surface area contributed by atoms with Crippen molar-refractivity contribution in [3.63, 3.8) is 0 Å². The quantitative estimate of drug-likeness (QED) is 0.443. The number of benzene rings is 1. The van der Waals surface area contributed by atoms with Gasteiger partial charge in [0.1, 0.15) is 0 Å². The van der Waals surface area contributed by atoms with Crippen LogP contribution in [0.1, 0.15) is 50.2 Å². The number of anilines is 1. The zero-order chi connectivity index (χ0) is 23.3. The Balaban J connectivity index is 2.68. The van der Waals surface area contributed by atoms with Crippen LogP contribution >= 0.6 is 7.60 Å². The van der Waals surface area contributed by atoms with E-state index in [1.54, 1.807) is 53.0 Å². The molecule has 0 atom stereocenters. The molecule has 2 aromatic rings. The summed E-state index contributed by atoms with van der Waals surface area (Å²) in [6.45, 7) is 12.8. The van der Waals surface area contributed by atoms with Crippen molar-refractivity contribution in [2.24, 2.45) is 0 Å². The van der Waals surface area contributed by atoms with Crippen LogP contribution in [0.3, 0.4) is 0 Å². The minimum Gasteiger partial charge on any atom is -0.504 e. The summed E-state index contributed by atoms with van der Waals surface area (Å²) >= 11 is 0. The van der Waals surface area contributed by atoms with E-state index < -0.39 is 7.60 Å². The van der Waals surface area contributed by atoms with E-state index in [9.17, 15) is 9.67 Å². The Hall–Kier alpha value is -2.34. The summed E-state index contributed by atoms with van der Waals surface area (Å²) in [6, 6.07) is 7.15. The Labute approximate surface area is 185 Å². The smallest absolute Gasteiger partial charge is 0.363 e. The Bertz CT molecular complexity index is 988. The SMILES string of the molecule is COc1cc(/C(=C\Nc2ccc(C)nc2C)P(=O)(OC(C)C)OC(C)C)cc(C)c1O. The average molecular weight is 449 g/mol. The number of ether oxygens (including phenoxy) is 1. The number of nitrogens with one attached hydrogen (secondary N) is 1. The van der Waals surface area contributed by atoms with E-state index in [-0.39, 0.29) is 23.7 Å². The number of methoxy groups -OCH3 is 1. The maximum absolute atomic E-state index is 14.0. The molecule has 2 N–H and O–H groups in total. The summed E-state index contributed by atoms with van der Waals surface area (Å²) < 4.78 is 31.0. The molecular weight excluding hydrogens is 415 g/mol. The van der Waals surface area contributed by atoms with E-state index in [1.165, 1.54) is 7.11 Å². The summed E-state index contributed by atoms with van der Waals surface area (Å²) in [5.41, 5.74) is 3.62. The lowest BCUT2D eigenvalue weighted by Gasteiger charge is -2.26. The third-order valence-corrected chi connectivity index (χ3v) is 6.74. The van der Waals surface area contributed by atoms with Gasteiger partial charge < -0.3 is 24.2 Å². The number of phenols is 1. The van der Waals surface area contributed by atoms with Crippen LogP contribution in [0.25, 0.3) is 5.31 Å². The highest BCUT2D eigenvalue weighted by atomic mass is 31.2. The molecule has 0 saturated carbocycles. The molecule has 0 saturated heterocycles. The second-order valence-corrected chi connectivity index (χ2v) is 9.81. The van der Waals surface area contributed by atoms with E-state index in [2.05, 4.69) is 10.3 Å². The van der Waals surface area contributed by atoms with E-state index in [1.807, 2.05) is 26.0 Å². The van der Waals surface area contributed by atoms with Crippen molar-refractivity contribution in [1.82, 2.24) is 4.98 Å². The van der Waals surface area contributed by atoms with E-state index >= 15 is 0 Å². The average Bonchev–Trinajstić information content (AvgIpc) is 2.64. The molecule has 0 spiro atoms. The first-order chi connectivity index (χ1) is 14.5. The van der Waals surface area contributed by atoms with E-state index in [0.29, 0.717) is 16.4 Å². The van der Waals surface area contributed by atoms with Gasteiger partial charge in [-0.05, 0) is 83.9 Å². The van der Waals surface area contributed by atoms with Crippen molar-refractivity contribution in [3.8, 4) is 11.5 Å². The van der Waals surface area contributed by atoms with Gasteiger partial charge in [0.25, 0.3) is 0 Å². The van der Waals surface area contributed by atoms with Gasteiger partial charge in [-0.25, -0.2) is 0 Å². The highest BCUT2D eigenvalue weighted by molar-refractivity contribution is 7.65. The Morgan fingerprint density at radius 1 is 1.10 bits per heavy atom. The zero-order valence-electron chi connectivity index (χ0n) is 19.5. The molecule has 0 bridgehead atoms. The summed E-state index contributed by atoms with van der Waals surface area (Å²) in [6.07, 6.45) is 0.947. The molecule has 0 aliphatic rings. The molecule has 1 aromatic heterocycles. The van der Waals surface area contributed by atoms with Gasteiger partial charge in [-0.15, -0.1) is 0 Å². The normalized spacial score (nSPS) is 12.5. The maximum Gasteiger partial charge on any atom is 0.363 e. The van der Waals surface area contributed by atoms with Crippen LogP contribution in [-0.4, -0.2) is 29.4 Å². The fraction of sp³-hybridized carbons (Fsp3) is 0.435. The van der Waals surface area contributed by atoms with Crippen LogP contribution in [0, 0.1) is 20.8 Å². The van der Waals surface area contributed by atoms with Crippen LogP contribution in [-0.2, 0) is 13.6 Å². The van der Waals surface area contributed by atoms with Crippen molar-refractivity contribution in [1.29, 1.82) is 0 Å². The molecule has 1 aromatic carbocycles. The number of aromatic hydroxyl groups is 1. The van der Waals surface area contributed by atoms with E-state index in [4.69, 9.17) is 13.8 Å². The fourth-order valence-electron chi connectivity index (χ4n) is 3.05. The van der Waals surface area contributed by atoms with Crippen LogP contribution in [0.15, 0.2) is 30.5 Å². The summed E-state index contributed by atoms with van der Waals surface area (Å²) in [5, 5.41) is 13.8. The van der Waals surface area contributed by atoms with Gasteiger partial charge in [0.15, 0.2) is 11.5 Å². The number of hydrogen-bond acceptors (Lipinski definition) is 7. The Kier molecular flexibility index (Phi) is 8.29. The molecule has 0 unspecified atom stereocenters. The van der Waals surface area contributed by atoms with Gasteiger partial charge in [0.05, 0.1) is 36.0 Å². The lowest BCUT2D eigenvalue weighted by Crippen LogP contribution is -2.10. The molecule has 8 heteroatoms. The zero-order valence-corrected chi connectivity index (χ0v) is 20.4. The molecular formula is C23H33N2O5P. The first-order valence-corrected chi connectivity index (χ1v) is 11.8. The predicted octanol–water partition coefficient (Wildman–Crippen LogP) is 6.17. The largest absolute Gasteiger partial charge is 0.504 e. The van der Waals surface area contributed by atoms with Crippen molar-refractivity contribution in [2.75, 3.05) is 12.4 Å². The number of phenolic OH excluding ortho intramolecular Hbond substituents is 1. The highest BCUT2D eigenvalue weighted by Gasteiger charge is 2.35. The molecule has 31 heavy (non-hydrogen) atoms. The summed E-state index contributed by atoms with van der Waals surface area (Å²) in [7, 11) is -2.28. The third-order valence-electron chi connectivity index (χ3n) is 4.36. The van der Waals surface area contributed by atoms with Gasteiger partial charge >= 0.3 is 7.60 Å². The first kappa shape index (κ1) is 24.9. The Morgan fingerprint density at radius 2 is 1.71 bits per heavy atom. The molecule has 0 radical (unpaired) electrons. The number of aromatic nitrogens is 1. The van der Waals surface area contributed by atoms with Gasteiger partial charge in [0.2, 0.25) is 0 Å². The Morgan fingerprint density at radius 3 is 2.23 bits per heavy atom. The molecule has 0 fully saturated rings. The molecule has 0 amide bonds. The van der Waals surface area contributed by atoms with Gasteiger partial charge in [-0.3, -0.25) is 9.55 Å². The predicted molar refractivity (Wildman–Crippen MR) is 125 cm³/mol. The fourth-order valence-corrected chi connectivity index (χ4v) is 5.10. The van der Waals surface area contributed by atoms with Crippen LogP contribution in [0.5, 0.6) is 11.5 Å². The molecule has 0 aliphatic heterocycles. The second kappa shape index (κ2) is 10.3. The van der Waals surface area contributed by atoms with Crippen LogP contribution < -0.4 is 10.1 Å².